The van der Waals surface area contributed by atoms with Crippen molar-refractivity contribution in [2.24, 2.45) is 0 Å². The topological polar surface area (TPSA) is 78.2 Å². The molecule has 0 radical (unpaired) electrons. The minimum absolute atomic E-state index is 0. The summed E-state index contributed by atoms with van der Waals surface area (Å²) in [4.78, 5) is 42.2. The monoisotopic (exact) mass is 566 g/mol. The highest BCUT2D eigenvalue weighted by Gasteiger charge is 2.22. The fourth-order valence-corrected chi connectivity index (χ4v) is 5.17. The first kappa shape index (κ1) is 29.8. The van der Waals surface area contributed by atoms with E-state index in [1.54, 1.807) is 17.7 Å². The second kappa shape index (κ2) is 13.4. The molecule has 1 saturated heterocycles. The number of nitrogens with zero attached hydrogens (tertiary/aromatic N) is 4. The summed E-state index contributed by atoms with van der Waals surface area (Å²) in [7, 11) is 1.69. The predicted octanol–water partition coefficient (Wildman–Crippen LogP) is 3.50. The maximum Gasteiger partial charge on any atom is 0.331 e. The van der Waals surface area contributed by atoms with Gasteiger partial charge in [0.2, 0.25) is 0 Å². The minimum atomic E-state index is -0.273. The number of halogens is 2. The van der Waals surface area contributed by atoms with Crippen molar-refractivity contribution in [3.63, 3.8) is 0 Å². The van der Waals surface area contributed by atoms with Crippen molar-refractivity contribution in [2.75, 3.05) is 51.3 Å². The largest absolute Gasteiger partial charge is 0.495 e. The highest BCUT2D eigenvalue weighted by Crippen LogP contribution is 2.29. The smallest absolute Gasteiger partial charge is 0.331 e. The van der Waals surface area contributed by atoms with Gasteiger partial charge >= 0.3 is 5.69 Å². The zero-order valence-corrected chi connectivity index (χ0v) is 23.5. The molecule has 0 N–H and O–H groups in total. The molecule has 0 bridgehead atoms. The van der Waals surface area contributed by atoms with Gasteiger partial charge in [-0.05, 0) is 43.5 Å². The zero-order valence-electron chi connectivity index (χ0n) is 21.9. The number of piperazine rings is 1. The van der Waals surface area contributed by atoms with E-state index in [1.807, 2.05) is 31.2 Å². The van der Waals surface area contributed by atoms with E-state index in [-0.39, 0.29) is 36.1 Å². The van der Waals surface area contributed by atoms with E-state index in [9.17, 15) is 9.59 Å². The van der Waals surface area contributed by atoms with Gasteiger partial charge in [0.1, 0.15) is 5.75 Å². The lowest BCUT2D eigenvalue weighted by Gasteiger charge is -2.36. The van der Waals surface area contributed by atoms with Gasteiger partial charge in [-0.15, -0.1) is 24.8 Å². The van der Waals surface area contributed by atoms with E-state index in [0.29, 0.717) is 42.9 Å². The molecule has 3 aromatic rings. The molecular weight excluding hydrogens is 531 g/mol. The van der Waals surface area contributed by atoms with Crippen molar-refractivity contribution in [1.82, 2.24) is 14.0 Å². The normalized spacial score (nSPS) is 15.6. The van der Waals surface area contributed by atoms with Crippen LogP contribution in [0.4, 0.5) is 5.69 Å². The van der Waals surface area contributed by atoms with E-state index in [2.05, 4.69) is 15.9 Å². The van der Waals surface area contributed by atoms with E-state index < -0.39 is 0 Å². The van der Waals surface area contributed by atoms with Crippen LogP contribution >= 0.6 is 24.8 Å². The van der Waals surface area contributed by atoms with Gasteiger partial charge in [0, 0.05) is 51.4 Å². The van der Waals surface area contributed by atoms with Gasteiger partial charge in [0.05, 0.1) is 30.3 Å². The highest BCUT2D eigenvalue weighted by molar-refractivity contribution is 5.85. The number of fused-ring (bicyclic) bond motifs is 2. The summed E-state index contributed by atoms with van der Waals surface area (Å²) in [5.74, 6) is 1.44. The third kappa shape index (κ3) is 5.96. The average molecular weight is 568 g/mol. The van der Waals surface area contributed by atoms with Gasteiger partial charge in [0.25, 0.3) is 5.56 Å². The second-order valence-electron chi connectivity index (χ2n) is 9.38. The number of aryl methyl sites for hydroxylation is 2. The van der Waals surface area contributed by atoms with Crippen molar-refractivity contribution in [1.29, 1.82) is 0 Å². The van der Waals surface area contributed by atoms with Crippen LogP contribution in [0.3, 0.4) is 0 Å². The molecular formula is C27H36Cl2N4O5. The number of hydrogen-bond donors (Lipinski definition) is 0. The molecule has 2 aliphatic heterocycles. The molecule has 5 rings (SSSR count). The Balaban J connectivity index is 0.00000200. The molecule has 0 aliphatic carbocycles. The predicted molar refractivity (Wildman–Crippen MR) is 154 cm³/mol. The standard InChI is InChI=1S/C27H34N4O5.2ClH/c1-3-10-30-23-18-20-7-6-17-35-36-25(20)19-21(23)26(32)31(27(30)33)16-13-28-11-14-29(15-12-28)22-8-4-5-9-24(22)34-2;;/h4-5,8-9,18-19H,3,6-7,10-17H2,1-2H3;2*1H. The Bertz CT molecular complexity index is 1350. The summed E-state index contributed by atoms with van der Waals surface area (Å²) < 4.78 is 8.64. The fraction of sp³-hybridized carbons (Fsp3) is 0.481. The molecule has 0 spiro atoms. The van der Waals surface area contributed by atoms with Crippen LogP contribution in [0.1, 0.15) is 25.3 Å². The van der Waals surface area contributed by atoms with Crippen molar-refractivity contribution in [3.05, 3.63) is 62.8 Å². The maximum atomic E-state index is 13.5. The molecule has 1 fully saturated rings. The van der Waals surface area contributed by atoms with Gasteiger partial charge in [-0.1, -0.05) is 19.1 Å². The fourth-order valence-electron chi connectivity index (χ4n) is 5.17. The van der Waals surface area contributed by atoms with E-state index in [0.717, 1.165) is 62.4 Å². The van der Waals surface area contributed by atoms with Gasteiger partial charge in [-0.2, -0.15) is 4.89 Å². The summed E-state index contributed by atoms with van der Waals surface area (Å²) in [5.41, 5.74) is 2.23. The molecule has 2 aliphatic rings. The number of rotatable bonds is 7. The van der Waals surface area contributed by atoms with Crippen LogP contribution in [0.2, 0.25) is 0 Å². The molecule has 0 atom stereocenters. The van der Waals surface area contributed by atoms with Gasteiger partial charge in [-0.3, -0.25) is 18.8 Å². The van der Waals surface area contributed by atoms with Crippen molar-refractivity contribution in [2.45, 2.75) is 39.3 Å². The van der Waals surface area contributed by atoms with E-state index >= 15 is 0 Å². The first-order valence-electron chi connectivity index (χ1n) is 12.8. The van der Waals surface area contributed by atoms with E-state index in [1.165, 1.54) is 4.57 Å². The van der Waals surface area contributed by atoms with Crippen molar-refractivity contribution >= 4 is 41.4 Å². The summed E-state index contributed by atoms with van der Waals surface area (Å²) >= 11 is 0. The van der Waals surface area contributed by atoms with Gasteiger partial charge < -0.3 is 14.5 Å². The summed E-state index contributed by atoms with van der Waals surface area (Å²) in [5, 5.41) is 0.494. The highest BCUT2D eigenvalue weighted by atomic mass is 35.5. The Morgan fingerprint density at radius 3 is 2.45 bits per heavy atom. The molecule has 0 unspecified atom stereocenters. The third-order valence-electron chi connectivity index (χ3n) is 7.11. The molecule has 0 amide bonds. The lowest BCUT2D eigenvalue weighted by atomic mass is 10.1. The zero-order chi connectivity index (χ0) is 25.1. The Hall–Kier alpha value is -2.72. The van der Waals surface area contributed by atoms with Crippen LogP contribution in [-0.2, 0) is 24.4 Å². The molecule has 2 aromatic carbocycles. The number of anilines is 1. The summed E-state index contributed by atoms with van der Waals surface area (Å²) in [6.07, 6.45) is 2.42. The van der Waals surface area contributed by atoms with Crippen molar-refractivity contribution < 1.29 is 14.5 Å². The molecule has 208 valence electrons. The Kier molecular flexibility index (Phi) is 10.5. The summed E-state index contributed by atoms with van der Waals surface area (Å²) in [6.45, 7) is 7.50. The SMILES string of the molecule is CCCn1c(=O)n(CCN2CCN(c3ccccc3OC)CC2)c(=O)c2cc3c(cc21)CCCOO3.Cl.Cl. The molecule has 1 aromatic heterocycles. The van der Waals surface area contributed by atoms with Crippen LogP contribution in [0, 0.1) is 0 Å². The molecule has 3 heterocycles. The number of hydrogen-bond acceptors (Lipinski definition) is 7. The number of ether oxygens (including phenoxy) is 1. The van der Waals surface area contributed by atoms with Crippen LogP contribution in [0.5, 0.6) is 11.5 Å². The minimum Gasteiger partial charge on any atom is -0.495 e. The average Bonchev–Trinajstić information content (AvgIpc) is 3.15. The van der Waals surface area contributed by atoms with E-state index in [4.69, 9.17) is 14.5 Å². The quantitative estimate of drug-likeness (QED) is 0.405. The van der Waals surface area contributed by atoms with Crippen LogP contribution in [0.25, 0.3) is 10.9 Å². The van der Waals surface area contributed by atoms with Gasteiger partial charge in [0.15, 0.2) is 5.75 Å². The summed E-state index contributed by atoms with van der Waals surface area (Å²) in [6, 6.07) is 11.7. The number of benzene rings is 2. The second-order valence-corrected chi connectivity index (χ2v) is 9.38. The Morgan fingerprint density at radius 2 is 1.71 bits per heavy atom. The third-order valence-corrected chi connectivity index (χ3v) is 7.11. The van der Waals surface area contributed by atoms with Crippen LogP contribution in [-0.4, -0.2) is 60.5 Å². The van der Waals surface area contributed by atoms with Crippen LogP contribution in [0.15, 0.2) is 46.0 Å². The Morgan fingerprint density at radius 1 is 0.947 bits per heavy atom. The first-order chi connectivity index (χ1) is 17.6. The Labute approximate surface area is 234 Å². The maximum absolute atomic E-state index is 13.5. The molecule has 11 heteroatoms. The number of methoxy groups -OCH3 is 1. The lowest BCUT2D eigenvalue weighted by Crippen LogP contribution is -2.49. The lowest BCUT2D eigenvalue weighted by molar-refractivity contribution is -0.203. The van der Waals surface area contributed by atoms with Crippen molar-refractivity contribution in [3.8, 4) is 11.5 Å². The van der Waals surface area contributed by atoms with Gasteiger partial charge in [-0.25, -0.2) is 4.79 Å². The molecule has 9 nitrogen and oxygen atoms in total. The molecule has 38 heavy (non-hydrogen) atoms. The number of aromatic nitrogens is 2. The van der Waals surface area contributed by atoms with Crippen LogP contribution < -0.4 is 25.8 Å². The number of para-hydroxylation sites is 2. The molecule has 0 saturated carbocycles. The first-order valence-corrected chi connectivity index (χ1v) is 12.8.